The van der Waals surface area contributed by atoms with Gasteiger partial charge in [0.2, 0.25) is 0 Å². The van der Waals surface area contributed by atoms with Crippen LogP contribution < -0.4 is 20.1 Å². The summed E-state index contributed by atoms with van der Waals surface area (Å²) in [6, 6.07) is 8.83. The van der Waals surface area contributed by atoms with Crippen LogP contribution in [0.25, 0.3) is 0 Å². The van der Waals surface area contributed by atoms with Crippen LogP contribution in [0.2, 0.25) is 0 Å². The Hall–Kier alpha value is -2.85. The number of aromatic amines is 1. The van der Waals surface area contributed by atoms with E-state index in [-0.39, 0.29) is 5.91 Å². The van der Waals surface area contributed by atoms with Gasteiger partial charge in [0.05, 0.1) is 11.8 Å². The maximum Gasteiger partial charge on any atom is 0.280 e. The Morgan fingerprint density at radius 3 is 2.61 bits per heavy atom. The topological polar surface area (TPSA) is 79.6 Å². The normalized spacial score (nSPS) is 18.0. The number of nitrogens with zero attached hydrogens (tertiary/aromatic N) is 3. The second-order valence-electron chi connectivity index (χ2n) is 8.92. The SMILES string of the molecule is Cc1c(C#N)c(NC(=O)C[NH+]2CCN(c3cccc[nH+]3)CC2)n(C2CCCCC2)c1C. The Balaban J connectivity index is 1.42. The Bertz CT molecular complexity index is 947. The smallest absolute Gasteiger partial charge is 0.280 e. The summed E-state index contributed by atoms with van der Waals surface area (Å²) in [7, 11) is 0. The van der Waals surface area contributed by atoms with Crippen LogP contribution in [0.3, 0.4) is 0 Å². The predicted molar refractivity (Wildman–Crippen MR) is 120 cm³/mol. The summed E-state index contributed by atoms with van der Waals surface area (Å²) < 4.78 is 2.24. The summed E-state index contributed by atoms with van der Waals surface area (Å²) in [5, 5.41) is 12.9. The van der Waals surface area contributed by atoms with E-state index >= 15 is 0 Å². The molecule has 1 amide bonds. The van der Waals surface area contributed by atoms with Gasteiger partial charge in [0.1, 0.15) is 38.1 Å². The van der Waals surface area contributed by atoms with Crippen molar-refractivity contribution in [2.75, 3.05) is 42.9 Å². The number of hydrogen-bond acceptors (Lipinski definition) is 3. The summed E-state index contributed by atoms with van der Waals surface area (Å²) in [6.45, 7) is 8.18. The molecule has 3 heterocycles. The fraction of sp³-hybridized carbons (Fsp3) is 0.542. The molecule has 1 saturated carbocycles. The zero-order valence-corrected chi connectivity index (χ0v) is 18.7. The third kappa shape index (κ3) is 4.59. The molecule has 0 radical (unpaired) electrons. The van der Waals surface area contributed by atoms with Crippen LogP contribution >= 0.6 is 0 Å². The number of piperazine rings is 1. The molecule has 0 aromatic carbocycles. The van der Waals surface area contributed by atoms with Gasteiger partial charge in [-0.25, -0.2) is 4.98 Å². The fourth-order valence-electron chi connectivity index (χ4n) is 5.11. The van der Waals surface area contributed by atoms with E-state index in [1.807, 2.05) is 25.3 Å². The monoisotopic (exact) mass is 422 g/mol. The van der Waals surface area contributed by atoms with E-state index in [4.69, 9.17) is 0 Å². The lowest BCUT2D eigenvalue weighted by atomic mass is 9.95. The van der Waals surface area contributed by atoms with E-state index < -0.39 is 0 Å². The first kappa shape index (κ1) is 21.4. The van der Waals surface area contributed by atoms with Crippen molar-refractivity contribution in [2.24, 2.45) is 0 Å². The number of rotatable bonds is 5. The van der Waals surface area contributed by atoms with Gasteiger partial charge in [0.25, 0.3) is 11.7 Å². The van der Waals surface area contributed by atoms with Crippen molar-refractivity contribution in [3.8, 4) is 6.07 Å². The van der Waals surface area contributed by atoms with Crippen LogP contribution in [0, 0.1) is 25.2 Å². The van der Waals surface area contributed by atoms with Gasteiger partial charge in [0.15, 0.2) is 6.54 Å². The number of carbonyl (C=O) groups is 1. The van der Waals surface area contributed by atoms with Gasteiger partial charge in [-0.2, -0.15) is 5.26 Å². The van der Waals surface area contributed by atoms with E-state index in [0.29, 0.717) is 24.0 Å². The molecular formula is C24H34N6O+2. The number of nitriles is 1. The van der Waals surface area contributed by atoms with Crippen molar-refractivity contribution in [3.63, 3.8) is 0 Å². The fourth-order valence-corrected chi connectivity index (χ4v) is 5.11. The standard InChI is InChI=1S/C24H32N6O/c1-18-19(2)30(20-8-4-3-5-9-20)24(21(18)16-25)27-23(31)17-28-12-14-29(15-13-28)22-10-6-7-11-26-22/h6-7,10-11,20H,3-5,8-9,12-15,17H2,1-2H3,(H,27,31)/p+2. The van der Waals surface area contributed by atoms with Gasteiger partial charge in [-0.05, 0) is 38.3 Å². The Morgan fingerprint density at radius 1 is 1.23 bits per heavy atom. The highest BCUT2D eigenvalue weighted by atomic mass is 16.2. The van der Waals surface area contributed by atoms with E-state index in [0.717, 1.165) is 56.1 Å². The van der Waals surface area contributed by atoms with Crippen molar-refractivity contribution in [1.29, 1.82) is 5.26 Å². The first-order valence-corrected chi connectivity index (χ1v) is 11.5. The molecule has 0 bridgehead atoms. The average molecular weight is 423 g/mol. The van der Waals surface area contributed by atoms with Gasteiger partial charge < -0.3 is 14.8 Å². The Morgan fingerprint density at radius 2 is 1.97 bits per heavy atom. The number of nitrogens with one attached hydrogen (secondary N) is 3. The third-order valence-corrected chi connectivity index (χ3v) is 6.98. The molecule has 31 heavy (non-hydrogen) atoms. The maximum absolute atomic E-state index is 13.0. The molecular weight excluding hydrogens is 388 g/mol. The van der Waals surface area contributed by atoms with Crippen LogP contribution in [-0.2, 0) is 4.79 Å². The van der Waals surface area contributed by atoms with E-state index in [1.165, 1.54) is 24.2 Å². The molecule has 2 aromatic heterocycles. The highest BCUT2D eigenvalue weighted by Gasteiger charge is 2.29. The lowest BCUT2D eigenvalue weighted by molar-refractivity contribution is -0.892. The number of pyridine rings is 1. The molecule has 7 nitrogen and oxygen atoms in total. The summed E-state index contributed by atoms with van der Waals surface area (Å²) in [4.78, 5) is 19.9. The molecule has 0 unspecified atom stereocenters. The largest absolute Gasteiger partial charge is 0.327 e. The number of H-pyrrole nitrogens is 1. The number of anilines is 2. The van der Waals surface area contributed by atoms with E-state index in [2.05, 4.69) is 38.8 Å². The summed E-state index contributed by atoms with van der Waals surface area (Å²) in [6.07, 6.45) is 7.88. The molecule has 1 aliphatic carbocycles. The minimum Gasteiger partial charge on any atom is -0.327 e. The highest BCUT2D eigenvalue weighted by Crippen LogP contribution is 2.36. The predicted octanol–water partition coefficient (Wildman–Crippen LogP) is 1.64. The molecule has 0 spiro atoms. The highest BCUT2D eigenvalue weighted by molar-refractivity contribution is 5.92. The minimum absolute atomic E-state index is 0.000725. The van der Waals surface area contributed by atoms with Crippen molar-refractivity contribution < 1.29 is 14.7 Å². The number of amides is 1. The molecule has 164 valence electrons. The first-order valence-electron chi connectivity index (χ1n) is 11.5. The van der Waals surface area contributed by atoms with E-state index in [1.54, 1.807) is 0 Å². The molecule has 2 fully saturated rings. The maximum atomic E-state index is 13.0. The lowest BCUT2D eigenvalue weighted by Gasteiger charge is -2.29. The quantitative estimate of drug-likeness (QED) is 0.769. The lowest BCUT2D eigenvalue weighted by Crippen LogP contribution is -3.15. The second kappa shape index (κ2) is 9.52. The summed E-state index contributed by atoms with van der Waals surface area (Å²) >= 11 is 0. The van der Waals surface area contributed by atoms with Crippen molar-refractivity contribution in [2.45, 2.75) is 52.0 Å². The van der Waals surface area contributed by atoms with Crippen molar-refractivity contribution in [1.82, 2.24) is 4.57 Å². The zero-order valence-electron chi connectivity index (χ0n) is 18.7. The zero-order chi connectivity index (χ0) is 21.8. The number of hydrogen-bond donors (Lipinski definition) is 2. The van der Waals surface area contributed by atoms with Crippen molar-refractivity contribution in [3.05, 3.63) is 41.2 Å². The van der Waals surface area contributed by atoms with Gasteiger partial charge >= 0.3 is 0 Å². The minimum atomic E-state index is 0.000725. The molecule has 2 aromatic rings. The molecule has 3 N–H and O–H groups in total. The van der Waals surface area contributed by atoms with Gasteiger partial charge in [-0.3, -0.25) is 9.69 Å². The van der Waals surface area contributed by atoms with Crippen molar-refractivity contribution >= 4 is 17.5 Å². The van der Waals surface area contributed by atoms with Crippen LogP contribution in [0.1, 0.15) is 55.0 Å². The number of quaternary nitrogens is 1. The molecule has 7 heteroatoms. The van der Waals surface area contributed by atoms with Gasteiger partial charge in [-0.1, -0.05) is 25.3 Å². The Kier molecular flexibility index (Phi) is 6.57. The number of aromatic nitrogens is 2. The van der Waals surface area contributed by atoms with Gasteiger partial charge in [-0.15, -0.1) is 0 Å². The summed E-state index contributed by atoms with van der Waals surface area (Å²) in [5.74, 6) is 1.84. The van der Waals surface area contributed by atoms with Crippen LogP contribution in [0.4, 0.5) is 11.6 Å². The van der Waals surface area contributed by atoms with E-state index in [9.17, 15) is 10.1 Å². The summed E-state index contributed by atoms with van der Waals surface area (Å²) in [5.41, 5.74) is 2.72. The van der Waals surface area contributed by atoms with Crippen LogP contribution in [-0.4, -0.2) is 43.2 Å². The third-order valence-electron chi connectivity index (χ3n) is 6.98. The number of carbonyl (C=O) groups excluding carboxylic acids is 1. The first-order chi connectivity index (χ1) is 15.1. The van der Waals surface area contributed by atoms with Crippen LogP contribution in [0.15, 0.2) is 24.4 Å². The molecule has 4 rings (SSSR count). The molecule has 1 aliphatic heterocycles. The van der Waals surface area contributed by atoms with Crippen LogP contribution in [0.5, 0.6) is 0 Å². The Labute approximate surface area is 184 Å². The second-order valence-corrected chi connectivity index (χ2v) is 8.92. The van der Waals surface area contributed by atoms with Gasteiger partial charge in [0, 0.05) is 17.8 Å². The molecule has 1 saturated heterocycles. The average Bonchev–Trinajstić information content (AvgIpc) is 3.04. The molecule has 2 aliphatic rings. The molecule has 0 atom stereocenters.